The van der Waals surface area contributed by atoms with Gasteiger partial charge in [-0.3, -0.25) is 0 Å². The summed E-state index contributed by atoms with van der Waals surface area (Å²) < 4.78 is 26.9. The first kappa shape index (κ1) is 15.0. The summed E-state index contributed by atoms with van der Waals surface area (Å²) in [5.41, 5.74) is 0.701. The fourth-order valence-corrected chi connectivity index (χ4v) is 3.11. The molecule has 1 atom stereocenters. The summed E-state index contributed by atoms with van der Waals surface area (Å²) in [5, 5.41) is 9.85. The third-order valence-electron chi connectivity index (χ3n) is 2.81. The quantitative estimate of drug-likeness (QED) is 0.891. The van der Waals surface area contributed by atoms with E-state index in [0.29, 0.717) is 10.6 Å². The van der Waals surface area contributed by atoms with Crippen LogP contribution in [0.2, 0.25) is 5.02 Å². The highest BCUT2D eigenvalue weighted by Crippen LogP contribution is 2.18. The van der Waals surface area contributed by atoms with E-state index in [-0.39, 0.29) is 11.5 Å². The van der Waals surface area contributed by atoms with Crippen LogP contribution in [0.4, 0.5) is 0 Å². The van der Waals surface area contributed by atoms with E-state index in [1.165, 1.54) is 24.3 Å². The SMILES string of the molecule is O=S(=O)(NC(CO)c1ccccc1)c1ccc(Cl)cc1. The molecule has 2 aromatic rings. The molecule has 0 aliphatic heterocycles. The number of rotatable bonds is 5. The van der Waals surface area contributed by atoms with E-state index in [4.69, 9.17) is 11.6 Å². The summed E-state index contributed by atoms with van der Waals surface area (Å²) in [7, 11) is -3.71. The minimum Gasteiger partial charge on any atom is -0.394 e. The van der Waals surface area contributed by atoms with Crippen LogP contribution in [0.1, 0.15) is 11.6 Å². The first-order valence-corrected chi connectivity index (χ1v) is 7.83. The van der Waals surface area contributed by atoms with E-state index in [1.807, 2.05) is 6.07 Å². The summed E-state index contributed by atoms with van der Waals surface area (Å²) >= 11 is 5.74. The van der Waals surface area contributed by atoms with Gasteiger partial charge in [-0.25, -0.2) is 13.1 Å². The van der Waals surface area contributed by atoms with Crippen molar-refractivity contribution in [2.45, 2.75) is 10.9 Å². The Labute approximate surface area is 123 Å². The van der Waals surface area contributed by atoms with Gasteiger partial charge in [0, 0.05) is 5.02 Å². The molecule has 2 N–H and O–H groups in total. The molecule has 6 heteroatoms. The lowest BCUT2D eigenvalue weighted by atomic mass is 10.1. The summed E-state index contributed by atoms with van der Waals surface area (Å²) in [6.45, 7) is -0.323. The van der Waals surface area contributed by atoms with Gasteiger partial charge >= 0.3 is 0 Å². The topological polar surface area (TPSA) is 66.4 Å². The van der Waals surface area contributed by atoms with Gasteiger partial charge in [0.1, 0.15) is 0 Å². The lowest BCUT2D eigenvalue weighted by Gasteiger charge is -2.16. The van der Waals surface area contributed by atoms with Gasteiger partial charge in [-0.05, 0) is 29.8 Å². The van der Waals surface area contributed by atoms with Crippen LogP contribution in [0.5, 0.6) is 0 Å². The molecule has 0 radical (unpaired) electrons. The molecule has 0 spiro atoms. The number of sulfonamides is 1. The lowest BCUT2D eigenvalue weighted by molar-refractivity contribution is 0.259. The van der Waals surface area contributed by atoms with Crippen LogP contribution in [0.3, 0.4) is 0 Å². The van der Waals surface area contributed by atoms with Gasteiger partial charge in [0.2, 0.25) is 10.0 Å². The maximum absolute atomic E-state index is 12.2. The summed E-state index contributed by atoms with van der Waals surface area (Å²) in [6.07, 6.45) is 0. The minimum absolute atomic E-state index is 0.108. The number of benzene rings is 2. The van der Waals surface area contributed by atoms with Crippen LogP contribution in [-0.2, 0) is 10.0 Å². The van der Waals surface area contributed by atoms with Crippen LogP contribution in [0, 0.1) is 0 Å². The first-order chi connectivity index (χ1) is 9.53. The van der Waals surface area contributed by atoms with Crippen molar-refractivity contribution < 1.29 is 13.5 Å². The Bertz CT molecular complexity index is 657. The average Bonchev–Trinajstić information content (AvgIpc) is 2.46. The van der Waals surface area contributed by atoms with Crippen molar-refractivity contribution in [3.63, 3.8) is 0 Å². The standard InChI is InChI=1S/C14H14ClNO3S/c15-12-6-8-13(9-7-12)20(18,19)16-14(10-17)11-4-2-1-3-5-11/h1-9,14,16-17H,10H2. The van der Waals surface area contributed by atoms with E-state index in [9.17, 15) is 13.5 Å². The molecule has 2 rings (SSSR count). The number of nitrogens with one attached hydrogen (secondary N) is 1. The third-order valence-corrected chi connectivity index (χ3v) is 4.55. The highest BCUT2D eigenvalue weighted by atomic mass is 35.5. The number of aliphatic hydroxyl groups excluding tert-OH is 1. The molecule has 2 aromatic carbocycles. The number of hydrogen-bond acceptors (Lipinski definition) is 3. The average molecular weight is 312 g/mol. The Hall–Kier alpha value is -1.40. The predicted octanol–water partition coefficient (Wildman–Crippen LogP) is 2.35. The van der Waals surface area contributed by atoms with E-state index in [0.717, 1.165) is 0 Å². The zero-order chi connectivity index (χ0) is 14.6. The van der Waals surface area contributed by atoms with Gasteiger partial charge in [-0.15, -0.1) is 0 Å². The van der Waals surface area contributed by atoms with Crippen LogP contribution in [-0.4, -0.2) is 20.1 Å². The van der Waals surface area contributed by atoms with Crippen LogP contribution >= 0.6 is 11.6 Å². The van der Waals surface area contributed by atoms with Crippen LogP contribution in [0.25, 0.3) is 0 Å². The largest absolute Gasteiger partial charge is 0.394 e. The summed E-state index contributed by atoms with van der Waals surface area (Å²) in [5.74, 6) is 0. The molecular formula is C14H14ClNO3S. The Morgan fingerprint density at radius 3 is 2.20 bits per heavy atom. The molecule has 0 heterocycles. The first-order valence-electron chi connectivity index (χ1n) is 5.96. The Morgan fingerprint density at radius 2 is 1.65 bits per heavy atom. The van der Waals surface area contributed by atoms with Crippen LogP contribution in [0.15, 0.2) is 59.5 Å². The van der Waals surface area contributed by atoms with Gasteiger partial charge < -0.3 is 5.11 Å². The number of aliphatic hydroxyl groups is 1. The van der Waals surface area contributed by atoms with E-state index < -0.39 is 16.1 Å². The smallest absolute Gasteiger partial charge is 0.241 e. The lowest BCUT2D eigenvalue weighted by Crippen LogP contribution is -2.30. The molecule has 4 nitrogen and oxygen atoms in total. The normalized spacial score (nSPS) is 13.1. The number of halogens is 1. The maximum Gasteiger partial charge on any atom is 0.241 e. The minimum atomic E-state index is -3.71. The van der Waals surface area contributed by atoms with Gasteiger partial charge in [-0.1, -0.05) is 41.9 Å². The van der Waals surface area contributed by atoms with E-state index in [1.54, 1.807) is 24.3 Å². The van der Waals surface area contributed by atoms with Gasteiger partial charge in [0.15, 0.2) is 0 Å². The third kappa shape index (κ3) is 3.58. The van der Waals surface area contributed by atoms with Crippen molar-refractivity contribution in [1.29, 1.82) is 0 Å². The zero-order valence-corrected chi connectivity index (χ0v) is 12.1. The van der Waals surface area contributed by atoms with Gasteiger partial charge in [-0.2, -0.15) is 0 Å². The second-order valence-corrected chi connectivity index (χ2v) is 6.37. The van der Waals surface area contributed by atoms with E-state index >= 15 is 0 Å². The van der Waals surface area contributed by atoms with Crippen molar-refractivity contribution in [2.24, 2.45) is 0 Å². The zero-order valence-electron chi connectivity index (χ0n) is 10.5. The molecule has 1 unspecified atom stereocenters. The molecule has 0 aliphatic rings. The summed E-state index contributed by atoms with van der Waals surface area (Å²) in [4.78, 5) is 0.108. The molecule has 0 saturated carbocycles. The van der Waals surface area contributed by atoms with Gasteiger partial charge in [0.25, 0.3) is 0 Å². The van der Waals surface area contributed by atoms with Gasteiger partial charge in [0.05, 0.1) is 17.5 Å². The Balaban J connectivity index is 2.24. The van der Waals surface area contributed by atoms with Crippen molar-refractivity contribution in [3.05, 3.63) is 65.2 Å². The second kappa shape index (κ2) is 6.37. The molecule has 0 bridgehead atoms. The number of hydrogen-bond donors (Lipinski definition) is 2. The highest BCUT2D eigenvalue weighted by Gasteiger charge is 2.20. The molecule has 0 fully saturated rings. The fourth-order valence-electron chi connectivity index (χ4n) is 1.77. The van der Waals surface area contributed by atoms with Crippen molar-refractivity contribution in [3.8, 4) is 0 Å². The monoisotopic (exact) mass is 311 g/mol. The second-order valence-electron chi connectivity index (χ2n) is 4.22. The van der Waals surface area contributed by atoms with Crippen molar-refractivity contribution in [2.75, 3.05) is 6.61 Å². The fraction of sp³-hybridized carbons (Fsp3) is 0.143. The molecule has 20 heavy (non-hydrogen) atoms. The molecule has 0 aliphatic carbocycles. The Morgan fingerprint density at radius 1 is 1.05 bits per heavy atom. The molecule has 106 valence electrons. The highest BCUT2D eigenvalue weighted by molar-refractivity contribution is 7.89. The molecule has 0 saturated heterocycles. The van der Waals surface area contributed by atoms with E-state index in [2.05, 4.69) is 4.72 Å². The van der Waals surface area contributed by atoms with Crippen molar-refractivity contribution >= 4 is 21.6 Å². The van der Waals surface area contributed by atoms with Crippen LogP contribution < -0.4 is 4.72 Å². The molecule has 0 aromatic heterocycles. The molecular weight excluding hydrogens is 298 g/mol. The maximum atomic E-state index is 12.2. The Kier molecular flexibility index (Phi) is 4.77. The van der Waals surface area contributed by atoms with Crippen molar-refractivity contribution in [1.82, 2.24) is 4.72 Å². The molecule has 0 amide bonds. The summed E-state index contributed by atoms with van der Waals surface area (Å²) in [6, 6.07) is 14.1. The predicted molar refractivity (Wildman–Crippen MR) is 78.0 cm³/mol.